The van der Waals surface area contributed by atoms with Gasteiger partial charge < -0.3 is 14.4 Å². The van der Waals surface area contributed by atoms with Gasteiger partial charge >= 0.3 is 7.12 Å². The molecule has 1 aromatic rings. The molecule has 0 atom stereocenters. The zero-order chi connectivity index (χ0) is 20.4. The van der Waals surface area contributed by atoms with E-state index in [1.54, 1.807) is 19.1 Å². The van der Waals surface area contributed by atoms with Gasteiger partial charge in [0.05, 0.1) is 16.8 Å². The summed E-state index contributed by atoms with van der Waals surface area (Å²) >= 11 is 1.18. The number of carbonyl (C=O) groups is 2. The third-order valence-corrected chi connectivity index (χ3v) is 5.88. The van der Waals surface area contributed by atoms with Crippen LogP contribution in [0.2, 0.25) is 0 Å². The lowest BCUT2D eigenvalue weighted by molar-refractivity contribution is -0.109. The molecule has 0 saturated carbocycles. The molecule has 0 spiro atoms. The summed E-state index contributed by atoms with van der Waals surface area (Å²) in [6, 6.07) is 4.89. The average molecular weight is 390 g/mol. The van der Waals surface area contributed by atoms with Gasteiger partial charge in [-0.1, -0.05) is 30.8 Å². The first-order chi connectivity index (χ1) is 12.5. The topological polar surface area (TPSA) is 72.8 Å². The fourth-order valence-electron chi connectivity index (χ4n) is 2.63. The molecule has 1 aromatic carbocycles. The van der Waals surface area contributed by atoms with E-state index in [0.717, 1.165) is 11.0 Å². The van der Waals surface area contributed by atoms with Crippen molar-refractivity contribution in [3.8, 4) is 5.75 Å². The fraction of sp³-hybridized carbons (Fsp3) is 0.500. The summed E-state index contributed by atoms with van der Waals surface area (Å²) in [5.74, 6) is 0.261. The van der Waals surface area contributed by atoms with Gasteiger partial charge in [-0.3, -0.25) is 9.59 Å². The second kappa shape index (κ2) is 8.21. The summed E-state index contributed by atoms with van der Waals surface area (Å²) in [6.07, 6.45) is 2.18. The van der Waals surface area contributed by atoms with Crippen molar-refractivity contribution in [2.75, 3.05) is 5.75 Å². The quantitative estimate of drug-likeness (QED) is 0.577. The van der Waals surface area contributed by atoms with Crippen molar-refractivity contribution >= 4 is 35.9 Å². The summed E-state index contributed by atoms with van der Waals surface area (Å²) in [7, 11) is -0.582. The first-order valence-electron chi connectivity index (χ1n) is 9.02. The highest BCUT2D eigenvalue weighted by atomic mass is 32.2. The molecule has 146 valence electrons. The van der Waals surface area contributed by atoms with Gasteiger partial charge in [0.1, 0.15) is 5.75 Å². The first-order valence-corrected chi connectivity index (χ1v) is 10.0. The fourth-order valence-corrected chi connectivity index (χ4v) is 3.22. The zero-order valence-electron chi connectivity index (χ0n) is 16.8. The minimum atomic E-state index is -0.582. The maximum atomic E-state index is 12.0. The van der Waals surface area contributed by atoms with E-state index in [4.69, 9.17) is 9.31 Å². The molecule has 1 aliphatic heterocycles. The summed E-state index contributed by atoms with van der Waals surface area (Å²) in [4.78, 5) is 23.5. The Morgan fingerprint density at radius 1 is 1.19 bits per heavy atom. The van der Waals surface area contributed by atoms with Crippen molar-refractivity contribution in [1.82, 2.24) is 0 Å². The molecule has 0 radical (unpaired) electrons. The van der Waals surface area contributed by atoms with Crippen LogP contribution in [0, 0.1) is 0 Å². The van der Waals surface area contributed by atoms with Crippen molar-refractivity contribution in [3.05, 3.63) is 34.8 Å². The second-order valence-electron chi connectivity index (χ2n) is 7.64. The molecule has 1 fully saturated rings. The standard InChI is InChI=1S/C20H27BO5S/c1-7-17(23)16-11-14(8-9-18(16)24)10-15(12-27-13(2)22)21-25-19(3,4)20(5,6)26-21/h8-11,24H,7,12H2,1-6H3. The van der Waals surface area contributed by atoms with Crippen LogP contribution in [0.15, 0.2) is 23.7 Å². The van der Waals surface area contributed by atoms with Crippen LogP contribution < -0.4 is 0 Å². The van der Waals surface area contributed by atoms with E-state index in [1.807, 2.05) is 33.8 Å². The predicted octanol–water partition coefficient (Wildman–Crippen LogP) is 4.28. The molecule has 0 bridgehead atoms. The molecule has 0 aromatic heterocycles. The van der Waals surface area contributed by atoms with E-state index in [2.05, 4.69) is 0 Å². The Balaban J connectivity index is 2.40. The molecule has 1 heterocycles. The monoisotopic (exact) mass is 390 g/mol. The maximum Gasteiger partial charge on any atom is 0.491 e. The number of rotatable bonds is 6. The molecule has 5 nitrogen and oxygen atoms in total. The van der Waals surface area contributed by atoms with E-state index < -0.39 is 18.3 Å². The van der Waals surface area contributed by atoms with Gasteiger partial charge in [0.2, 0.25) is 0 Å². The Labute approximate surface area is 165 Å². The highest BCUT2D eigenvalue weighted by molar-refractivity contribution is 8.13. The zero-order valence-corrected chi connectivity index (χ0v) is 17.6. The van der Waals surface area contributed by atoms with E-state index >= 15 is 0 Å². The number of thioether (sulfide) groups is 1. The second-order valence-corrected chi connectivity index (χ2v) is 8.79. The number of carbonyl (C=O) groups excluding carboxylic acids is 2. The van der Waals surface area contributed by atoms with Crippen molar-refractivity contribution in [1.29, 1.82) is 0 Å². The lowest BCUT2D eigenvalue weighted by atomic mass is 9.78. The number of ketones is 1. The van der Waals surface area contributed by atoms with Crippen LogP contribution in [-0.4, -0.2) is 40.1 Å². The van der Waals surface area contributed by atoms with Gasteiger partial charge in [-0.05, 0) is 50.9 Å². The molecule has 27 heavy (non-hydrogen) atoms. The average Bonchev–Trinajstić information content (AvgIpc) is 2.79. The van der Waals surface area contributed by atoms with E-state index in [9.17, 15) is 14.7 Å². The van der Waals surface area contributed by atoms with Gasteiger partial charge in [-0.15, -0.1) is 0 Å². The largest absolute Gasteiger partial charge is 0.507 e. The number of hydrogen-bond donors (Lipinski definition) is 1. The van der Waals surface area contributed by atoms with Gasteiger partial charge in [0.15, 0.2) is 10.9 Å². The van der Waals surface area contributed by atoms with Gasteiger partial charge in [-0.25, -0.2) is 0 Å². The minimum Gasteiger partial charge on any atom is -0.507 e. The lowest BCUT2D eigenvalue weighted by Gasteiger charge is -2.32. The van der Waals surface area contributed by atoms with Crippen LogP contribution in [0.3, 0.4) is 0 Å². The Kier molecular flexibility index (Phi) is 6.61. The van der Waals surface area contributed by atoms with E-state index in [-0.39, 0.29) is 16.6 Å². The first kappa shape index (κ1) is 21.7. The SMILES string of the molecule is CCC(=O)c1cc(C=C(CSC(C)=O)B2OC(C)(C)C(C)(C)O2)ccc1O. The molecule has 1 N–H and O–H groups in total. The summed E-state index contributed by atoms with van der Waals surface area (Å²) in [5, 5.41) is 9.96. The third kappa shape index (κ3) is 5.03. The number of Topliss-reactive ketones (excluding diaryl/α,β-unsaturated/α-hetero) is 1. The van der Waals surface area contributed by atoms with Crippen LogP contribution in [0.1, 0.15) is 63.9 Å². The highest BCUT2D eigenvalue weighted by Gasteiger charge is 2.52. The maximum absolute atomic E-state index is 12.0. The van der Waals surface area contributed by atoms with Crippen molar-refractivity contribution in [3.63, 3.8) is 0 Å². The summed E-state index contributed by atoms with van der Waals surface area (Å²) in [6.45, 7) is 11.2. The van der Waals surface area contributed by atoms with Crippen LogP contribution in [0.5, 0.6) is 5.75 Å². The molecular weight excluding hydrogens is 363 g/mol. The van der Waals surface area contributed by atoms with Crippen LogP contribution in [0.4, 0.5) is 0 Å². The number of aromatic hydroxyl groups is 1. The smallest absolute Gasteiger partial charge is 0.491 e. The number of phenols is 1. The Morgan fingerprint density at radius 3 is 2.30 bits per heavy atom. The third-order valence-electron chi connectivity index (χ3n) is 4.99. The summed E-state index contributed by atoms with van der Waals surface area (Å²) < 4.78 is 12.2. The molecule has 0 unspecified atom stereocenters. The molecule has 0 amide bonds. The number of benzene rings is 1. The Morgan fingerprint density at radius 2 is 1.78 bits per heavy atom. The predicted molar refractivity (Wildman–Crippen MR) is 110 cm³/mol. The molecule has 2 rings (SSSR count). The minimum absolute atomic E-state index is 0.00460. The molecule has 1 saturated heterocycles. The van der Waals surface area contributed by atoms with Crippen LogP contribution >= 0.6 is 11.8 Å². The van der Waals surface area contributed by atoms with Crippen molar-refractivity contribution in [2.45, 2.75) is 59.2 Å². The van der Waals surface area contributed by atoms with Crippen molar-refractivity contribution in [2.24, 2.45) is 0 Å². The number of hydrogen-bond acceptors (Lipinski definition) is 6. The van der Waals surface area contributed by atoms with Crippen LogP contribution in [-0.2, 0) is 14.1 Å². The molecule has 7 heteroatoms. The molecule has 0 aliphatic carbocycles. The van der Waals surface area contributed by atoms with Gasteiger partial charge in [0, 0.05) is 19.1 Å². The Bertz CT molecular complexity index is 754. The van der Waals surface area contributed by atoms with E-state index in [1.165, 1.54) is 24.8 Å². The van der Waals surface area contributed by atoms with E-state index in [0.29, 0.717) is 17.7 Å². The summed E-state index contributed by atoms with van der Waals surface area (Å²) in [5.41, 5.74) is 0.859. The normalized spacial score (nSPS) is 18.6. The molecule has 1 aliphatic rings. The van der Waals surface area contributed by atoms with Gasteiger partial charge in [0.25, 0.3) is 0 Å². The Hall–Kier alpha value is -1.57. The van der Waals surface area contributed by atoms with Gasteiger partial charge in [-0.2, -0.15) is 0 Å². The number of phenolic OH excluding ortho intramolecular Hbond substituents is 1. The van der Waals surface area contributed by atoms with Crippen LogP contribution in [0.25, 0.3) is 6.08 Å². The highest BCUT2D eigenvalue weighted by Crippen LogP contribution is 2.39. The lowest BCUT2D eigenvalue weighted by Crippen LogP contribution is -2.41. The van der Waals surface area contributed by atoms with Crippen molar-refractivity contribution < 1.29 is 24.0 Å². The molecular formula is C20H27BO5S.